The number of nitrogens with zero attached hydrogens (tertiary/aromatic N) is 6. The number of thiophene rings is 3. The lowest BCUT2D eigenvalue weighted by molar-refractivity contribution is 0.301. The van der Waals surface area contributed by atoms with E-state index in [1.165, 1.54) is 160 Å². The summed E-state index contributed by atoms with van der Waals surface area (Å²) in [5.41, 5.74) is 32.2. The van der Waals surface area contributed by atoms with Gasteiger partial charge in [0, 0.05) is 116 Å². The minimum Gasteiger partial charge on any atom is -0.244 e. The third kappa shape index (κ3) is 12.5. The summed E-state index contributed by atoms with van der Waals surface area (Å²) >= 11 is 5.71. The molecule has 9 heteroatoms. The summed E-state index contributed by atoms with van der Waals surface area (Å²) in [5.74, 6) is 0.756. The number of rotatable bonds is 6. The Kier molecular flexibility index (Phi) is 18.6. The van der Waals surface area contributed by atoms with Crippen molar-refractivity contribution < 1.29 is 0 Å². The van der Waals surface area contributed by atoms with Crippen molar-refractivity contribution in [1.82, 2.24) is 29.9 Å². The molecule has 0 spiro atoms. The van der Waals surface area contributed by atoms with E-state index < -0.39 is 0 Å². The molecule has 3 aliphatic carbocycles. The Morgan fingerprint density at radius 3 is 1.05 bits per heavy atom. The number of aromatic nitrogens is 6. The molecule has 0 radical (unpaired) electrons. The van der Waals surface area contributed by atoms with Crippen LogP contribution >= 0.6 is 34.0 Å². The van der Waals surface area contributed by atoms with Crippen molar-refractivity contribution in [2.75, 3.05) is 0 Å². The largest absolute Gasteiger partial charge is 0.244 e. The number of benzene rings is 18. The van der Waals surface area contributed by atoms with Gasteiger partial charge in [-0.05, 0) is 212 Å². The van der Waals surface area contributed by atoms with Gasteiger partial charge in [0.25, 0.3) is 0 Å². The van der Waals surface area contributed by atoms with Gasteiger partial charge in [0.15, 0.2) is 5.82 Å². The Labute approximate surface area is 797 Å². The standard InChI is InChI=1S/3C42H32N2S/c1-41(2)31-19-11-10-18-29(31)35-27-16-8-9-17-28(27)36-30-24-26(22-23-34(30)45-40(36)37(35)42(41,3)4)39-38(25-14-6-5-7-15-25)43-32-20-12-13-21-33(32)44-39;1-41(2)33-24-37-32(23-30(33)29-20-18-25-12-8-9-15-28(25)38(29)42(41,3)4)31-22-27(19-21-36(31)45-37)40-39(26-13-6-5-7-14-26)43-34-16-10-11-17-35(34)44-40;1-41(2)34-24-37-33(23-31(34)29-20-18-25-12-8-9-15-28(25)38(29)42(41,3)4)32-22-27(19-21-36(32)45-37)40-43-35-17-11-10-16-30(35)39(44-40)26-13-6-5-7-14-26/h3*5-24H,1-4H3. The minimum absolute atomic E-state index is 0.0431. The van der Waals surface area contributed by atoms with Crippen LogP contribution in [-0.4, -0.2) is 29.9 Å². The highest BCUT2D eigenvalue weighted by atomic mass is 32.1. The third-order valence-corrected chi connectivity index (χ3v) is 35.2. The van der Waals surface area contributed by atoms with Gasteiger partial charge in [-0.1, -0.05) is 350 Å². The van der Waals surface area contributed by atoms with E-state index in [0.717, 1.165) is 101 Å². The number of para-hydroxylation sites is 5. The van der Waals surface area contributed by atoms with E-state index in [1.54, 1.807) is 0 Å². The Balaban J connectivity index is 0.000000108. The van der Waals surface area contributed by atoms with Crippen molar-refractivity contribution in [2.45, 2.75) is 116 Å². The molecule has 3 aliphatic rings. The monoisotopic (exact) mass is 1790 g/mol. The second kappa shape index (κ2) is 30.5. The van der Waals surface area contributed by atoms with E-state index in [9.17, 15) is 0 Å². The lowest BCUT2D eigenvalue weighted by atomic mass is 9.54. The van der Waals surface area contributed by atoms with Gasteiger partial charge in [0.1, 0.15) is 0 Å². The molecule has 0 saturated heterocycles. The van der Waals surface area contributed by atoms with Crippen LogP contribution in [-0.2, 0) is 32.5 Å². The zero-order valence-corrected chi connectivity index (χ0v) is 80.0. The fourth-order valence-electron chi connectivity index (χ4n) is 22.7. The quantitative estimate of drug-likeness (QED) is 0.165. The zero-order chi connectivity index (χ0) is 91.5. The van der Waals surface area contributed by atoms with Crippen molar-refractivity contribution >= 4 is 160 Å². The van der Waals surface area contributed by atoms with Gasteiger partial charge in [-0.25, -0.2) is 29.9 Å². The molecule has 648 valence electrons. The first-order chi connectivity index (χ1) is 65.5. The van der Waals surface area contributed by atoms with E-state index in [-0.39, 0.29) is 32.5 Å². The summed E-state index contributed by atoms with van der Waals surface area (Å²) in [7, 11) is 0. The van der Waals surface area contributed by atoms with E-state index in [4.69, 9.17) is 29.9 Å². The number of fused-ring (bicyclic) bond motifs is 29. The average Bonchev–Trinajstić information content (AvgIpc) is 0.930. The fourth-order valence-corrected chi connectivity index (χ4v) is 26.3. The van der Waals surface area contributed by atoms with Crippen LogP contribution in [0.15, 0.2) is 364 Å². The summed E-state index contributed by atoms with van der Waals surface area (Å²) < 4.78 is 7.95. The summed E-state index contributed by atoms with van der Waals surface area (Å²) in [6.45, 7) is 29.2. The van der Waals surface area contributed by atoms with Crippen molar-refractivity contribution in [2.24, 2.45) is 0 Å². The lowest BCUT2D eigenvalue weighted by Crippen LogP contribution is -2.43. The van der Waals surface area contributed by atoms with E-state index >= 15 is 0 Å². The van der Waals surface area contributed by atoms with Gasteiger partial charge in [-0.3, -0.25) is 0 Å². The van der Waals surface area contributed by atoms with Crippen LogP contribution in [0.4, 0.5) is 0 Å². The average molecular weight is 1790 g/mol. The Bertz CT molecular complexity index is 9120. The van der Waals surface area contributed by atoms with E-state index in [1.807, 2.05) is 88.6 Å². The van der Waals surface area contributed by atoms with Gasteiger partial charge < -0.3 is 0 Å². The van der Waals surface area contributed by atoms with Gasteiger partial charge in [-0.2, -0.15) is 0 Å². The molecule has 0 saturated carbocycles. The zero-order valence-electron chi connectivity index (χ0n) is 77.5. The predicted octanol–water partition coefficient (Wildman–Crippen LogP) is 35.2. The van der Waals surface area contributed by atoms with Crippen LogP contribution < -0.4 is 0 Å². The second-order valence-corrected chi connectivity index (χ2v) is 43.5. The fraction of sp³-hybridized carbons (Fsp3) is 0.143. The van der Waals surface area contributed by atoms with Crippen LogP contribution in [0.25, 0.3) is 227 Å². The maximum Gasteiger partial charge on any atom is 0.160 e. The highest BCUT2D eigenvalue weighted by Gasteiger charge is 2.51. The molecule has 0 aliphatic heterocycles. The summed E-state index contributed by atoms with van der Waals surface area (Å²) in [5, 5.41) is 16.8. The second-order valence-electron chi connectivity index (χ2n) is 40.3. The third-order valence-electron chi connectivity index (χ3n) is 31.8. The van der Waals surface area contributed by atoms with Crippen molar-refractivity contribution in [3.63, 3.8) is 0 Å². The van der Waals surface area contributed by atoms with Crippen LogP contribution in [0, 0.1) is 0 Å². The first-order valence-corrected chi connectivity index (χ1v) is 49.5. The number of hydrogen-bond donors (Lipinski definition) is 0. The maximum absolute atomic E-state index is 5.23. The molecule has 0 bridgehead atoms. The minimum atomic E-state index is -0.0903. The molecular weight excluding hydrogens is 1690 g/mol. The molecular formula is C126H96N6S3. The van der Waals surface area contributed by atoms with E-state index in [2.05, 4.69) is 392 Å². The van der Waals surface area contributed by atoms with Crippen LogP contribution in [0.5, 0.6) is 0 Å². The molecule has 6 heterocycles. The van der Waals surface area contributed by atoms with Crippen LogP contribution in [0.3, 0.4) is 0 Å². The van der Waals surface area contributed by atoms with Crippen molar-refractivity contribution in [3.05, 3.63) is 397 Å². The molecule has 6 nitrogen and oxygen atoms in total. The summed E-state index contributed by atoms with van der Waals surface area (Å²) in [6, 6.07) is 131. The van der Waals surface area contributed by atoms with Gasteiger partial charge >= 0.3 is 0 Å². The molecule has 18 aromatic carbocycles. The highest BCUT2D eigenvalue weighted by Crippen LogP contribution is 2.63. The van der Waals surface area contributed by atoms with Gasteiger partial charge in [-0.15, -0.1) is 34.0 Å². The molecule has 27 rings (SSSR count). The normalized spacial score (nSPS) is 15.0. The SMILES string of the molecule is CC1(C)c2cc3sc4ccc(-c5nc(-c6ccccc6)c6ccccc6n5)cc4c3cc2-c2ccc3ccccc3c2C1(C)C.CC1(C)c2cc3sc4ccc(-c5nc6ccccc6nc5-c5ccccc5)cc4c3cc2-c2ccc3ccccc3c2C1(C)C.CC1(C)c2ccccc2-c2c(c3sc4ccc(-c5nc6ccccc6nc5-c5ccccc5)cc4c3c3ccccc23)C1(C)C. The molecule has 6 aromatic heterocycles. The molecule has 0 amide bonds. The molecule has 135 heavy (non-hydrogen) atoms. The smallest absolute Gasteiger partial charge is 0.160 e. The Morgan fingerprint density at radius 2 is 0.556 bits per heavy atom. The molecule has 0 atom stereocenters. The Hall–Kier alpha value is -14.6. The van der Waals surface area contributed by atoms with Crippen molar-refractivity contribution in [3.8, 4) is 101 Å². The Morgan fingerprint density at radius 1 is 0.193 bits per heavy atom. The molecule has 0 N–H and O–H groups in total. The first kappa shape index (κ1) is 82.3. The van der Waals surface area contributed by atoms with Gasteiger partial charge in [0.2, 0.25) is 0 Å². The first-order valence-electron chi connectivity index (χ1n) is 47.0. The van der Waals surface area contributed by atoms with Gasteiger partial charge in [0.05, 0.1) is 56.1 Å². The van der Waals surface area contributed by atoms with Crippen LogP contribution in [0.1, 0.15) is 116 Å². The lowest BCUT2D eigenvalue weighted by Gasteiger charge is -2.49. The molecule has 0 unspecified atom stereocenters. The summed E-state index contributed by atoms with van der Waals surface area (Å²) in [4.78, 5) is 30.9. The van der Waals surface area contributed by atoms with E-state index in [0.29, 0.717) is 0 Å². The molecule has 24 aromatic rings. The summed E-state index contributed by atoms with van der Waals surface area (Å²) in [6.07, 6.45) is 0. The topological polar surface area (TPSA) is 77.3 Å². The van der Waals surface area contributed by atoms with Crippen molar-refractivity contribution in [1.29, 1.82) is 0 Å². The maximum atomic E-state index is 5.23. The number of hydrogen-bond acceptors (Lipinski definition) is 9. The van der Waals surface area contributed by atoms with Crippen LogP contribution in [0.2, 0.25) is 0 Å². The highest BCUT2D eigenvalue weighted by molar-refractivity contribution is 7.27. The predicted molar refractivity (Wildman–Crippen MR) is 577 cm³/mol. The molecule has 0 fully saturated rings.